The average Bonchev–Trinajstić information content (AvgIpc) is 2.88. The van der Waals surface area contributed by atoms with Crippen LogP contribution in [0, 0.1) is 6.92 Å². The maximum absolute atomic E-state index is 12.1. The monoisotopic (exact) mass is 313 g/mol. The van der Waals surface area contributed by atoms with Crippen molar-refractivity contribution in [2.45, 2.75) is 13.5 Å². The smallest absolute Gasteiger partial charge is 0.387 e. The van der Waals surface area contributed by atoms with Gasteiger partial charge >= 0.3 is 6.61 Å². The van der Waals surface area contributed by atoms with E-state index in [0.29, 0.717) is 5.69 Å². The van der Waals surface area contributed by atoms with Gasteiger partial charge in [0.25, 0.3) is 11.8 Å². The summed E-state index contributed by atoms with van der Waals surface area (Å²) in [5.74, 6) is -0.261. The van der Waals surface area contributed by atoms with Crippen LogP contribution in [0.3, 0.4) is 0 Å². The molecule has 0 atom stereocenters. The van der Waals surface area contributed by atoms with Crippen molar-refractivity contribution in [1.82, 2.24) is 15.6 Å². The van der Waals surface area contributed by atoms with Gasteiger partial charge in [0.05, 0.1) is 6.54 Å². The van der Waals surface area contributed by atoms with Gasteiger partial charge in [0, 0.05) is 5.56 Å². The number of amides is 1. The molecule has 0 spiro atoms. The molecule has 0 aliphatic heterocycles. The Morgan fingerprint density at radius 3 is 2.91 bits per heavy atom. The molecule has 22 heavy (non-hydrogen) atoms. The lowest BCUT2D eigenvalue weighted by Crippen LogP contribution is -2.28. The van der Waals surface area contributed by atoms with Crippen molar-refractivity contribution >= 4 is 5.91 Å². The van der Waals surface area contributed by atoms with Crippen LogP contribution in [-0.4, -0.2) is 36.0 Å². The number of alkyl halides is 2. The molecule has 0 aliphatic rings. The fraction of sp³-hybridized carbons (Fsp3) is 0.308. The van der Waals surface area contributed by atoms with Crippen molar-refractivity contribution in [3.05, 3.63) is 35.5 Å². The van der Waals surface area contributed by atoms with Crippen LogP contribution in [-0.2, 0) is 0 Å². The Morgan fingerprint density at radius 1 is 1.41 bits per heavy atom. The lowest BCUT2D eigenvalue weighted by Gasteiger charge is -2.08. The molecule has 1 aromatic heterocycles. The summed E-state index contributed by atoms with van der Waals surface area (Å²) in [6.45, 7) is -0.913. The van der Waals surface area contributed by atoms with Crippen LogP contribution in [0.1, 0.15) is 16.1 Å². The normalized spacial score (nSPS) is 10.5. The first kappa shape index (κ1) is 15.7. The lowest BCUT2D eigenvalue weighted by molar-refractivity contribution is -0.0498. The fourth-order valence-electron chi connectivity index (χ4n) is 1.58. The number of aryl methyl sites for hydroxylation is 1. The van der Waals surface area contributed by atoms with E-state index in [9.17, 15) is 13.6 Å². The SMILES string of the molecule is Cc1nonc1OCCNC(=O)c1cccc(OC(F)F)c1. The number of hydrogen-bond donors (Lipinski definition) is 1. The lowest BCUT2D eigenvalue weighted by atomic mass is 10.2. The molecule has 7 nitrogen and oxygen atoms in total. The van der Waals surface area contributed by atoms with Crippen molar-refractivity contribution < 1.29 is 27.7 Å². The molecule has 0 bridgehead atoms. The quantitative estimate of drug-likeness (QED) is 0.784. The van der Waals surface area contributed by atoms with Crippen molar-refractivity contribution in [3.63, 3.8) is 0 Å². The van der Waals surface area contributed by atoms with Crippen LogP contribution < -0.4 is 14.8 Å². The highest BCUT2D eigenvalue weighted by molar-refractivity contribution is 5.94. The third-order valence-corrected chi connectivity index (χ3v) is 2.56. The summed E-state index contributed by atoms with van der Waals surface area (Å²) in [4.78, 5) is 11.9. The van der Waals surface area contributed by atoms with Gasteiger partial charge in [0.1, 0.15) is 18.1 Å². The highest BCUT2D eigenvalue weighted by atomic mass is 19.3. The third kappa shape index (κ3) is 4.40. The number of ether oxygens (including phenoxy) is 2. The molecule has 0 saturated heterocycles. The fourth-order valence-corrected chi connectivity index (χ4v) is 1.58. The zero-order valence-electron chi connectivity index (χ0n) is 11.6. The minimum absolute atomic E-state index is 0.0804. The number of carbonyl (C=O) groups is 1. The van der Waals surface area contributed by atoms with Crippen molar-refractivity contribution in [2.75, 3.05) is 13.2 Å². The van der Waals surface area contributed by atoms with E-state index >= 15 is 0 Å². The second-order valence-corrected chi connectivity index (χ2v) is 4.17. The van der Waals surface area contributed by atoms with E-state index < -0.39 is 12.5 Å². The summed E-state index contributed by atoms with van der Waals surface area (Å²) in [5.41, 5.74) is 0.709. The second-order valence-electron chi connectivity index (χ2n) is 4.17. The summed E-state index contributed by atoms with van der Waals surface area (Å²) >= 11 is 0. The number of carbonyl (C=O) groups excluding carboxylic acids is 1. The number of halogens is 2. The molecule has 1 aromatic carbocycles. The van der Waals surface area contributed by atoms with Crippen molar-refractivity contribution in [1.29, 1.82) is 0 Å². The predicted octanol–water partition coefficient (Wildman–Crippen LogP) is 1.79. The van der Waals surface area contributed by atoms with Crippen molar-refractivity contribution in [3.8, 4) is 11.6 Å². The zero-order chi connectivity index (χ0) is 15.9. The van der Waals surface area contributed by atoms with Gasteiger partial charge in [-0.05, 0) is 30.3 Å². The van der Waals surface area contributed by atoms with E-state index in [0.717, 1.165) is 0 Å². The molecule has 0 aliphatic carbocycles. The molecule has 2 rings (SSSR count). The first-order valence-corrected chi connectivity index (χ1v) is 6.31. The molecular weight excluding hydrogens is 300 g/mol. The van der Waals surface area contributed by atoms with Crippen LogP contribution in [0.4, 0.5) is 8.78 Å². The standard InChI is InChI=1S/C13H13F2N3O4/c1-8-12(18-22-17-8)20-6-5-16-11(19)9-3-2-4-10(7-9)21-13(14)15/h2-4,7,13H,5-6H2,1H3,(H,16,19). The Hall–Kier alpha value is -2.71. The van der Waals surface area contributed by atoms with E-state index in [1.165, 1.54) is 24.3 Å². The van der Waals surface area contributed by atoms with Gasteiger partial charge in [-0.1, -0.05) is 11.2 Å². The highest BCUT2D eigenvalue weighted by Gasteiger charge is 2.10. The van der Waals surface area contributed by atoms with E-state index in [-0.39, 0.29) is 30.3 Å². The summed E-state index contributed by atoms with van der Waals surface area (Å²) in [6.07, 6.45) is 0. The van der Waals surface area contributed by atoms with E-state index in [1.807, 2.05) is 0 Å². The van der Waals surface area contributed by atoms with E-state index in [4.69, 9.17) is 4.74 Å². The molecule has 0 radical (unpaired) electrons. The van der Waals surface area contributed by atoms with Gasteiger partial charge in [-0.25, -0.2) is 4.63 Å². The van der Waals surface area contributed by atoms with E-state index in [2.05, 4.69) is 25.0 Å². The van der Waals surface area contributed by atoms with Crippen LogP contribution in [0.5, 0.6) is 11.6 Å². The molecule has 1 amide bonds. The minimum atomic E-state index is -2.94. The average molecular weight is 313 g/mol. The molecule has 0 unspecified atom stereocenters. The number of nitrogens with one attached hydrogen (secondary N) is 1. The van der Waals surface area contributed by atoms with Crippen molar-refractivity contribution in [2.24, 2.45) is 0 Å². The molecule has 0 fully saturated rings. The minimum Gasteiger partial charge on any atom is -0.472 e. The number of rotatable bonds is 7. The van der Waals surface area contributed by atoms with Gasteiger partial charge in [-0.2, -0.15) is 8.78 Å². The molecule has 0 saturated carbocycles. The Bertz CT molecular complexity index is 633. The maximum Gasteiger partial charge on any atom is 0.387 e. The van der Waals surface area contributed by atoms with E-state index in [1.54, 1.807) is 6.92 Å². The third-order valence-electron chi connectivity index (χ3n) is 2.56. The topological polar surface area (TPSA) is 86.5 Å². The van der Waals surface area contributed by atoms with Crippen LogP contribution in [0.15, 0.2) is 28.9 Å². The molecule has 9 heteroatoms. The summed E-state index contributed by atoms with van der Waals surface area (Å²) in [5, 5.41) is 9.63. The summed E-state index contributed by atoms with van der Waals surface area (Å²) in [6, 6.07) is 5.51. The highest BCUT2D eigenvalue weighted by Crippen LogP contribution is 2.15. The molecule has 1 N–H and O–H groups in total. The molecule has 1 heterocycles. The maximum atomic E-state index is 12.1. The van der Waals surface area contributed by atoms with Gasteiger partial charge in [0.2, 0.25) is 0 Å². The first-order chi connectivity index (χ1) is 10.6. The summed E-state index contributed by atoms with van der Waals surface area (Å²) < 4.78 is 38.1. The summed E-state index contributed by atoms with van der Waals surface area (Å²) in [7, 11) is 0. The Morgan fingerprint density at radius 2 is 2.23 bits per heavy atom. The number of nitrogens with zero attached hydrogens (tertiary/aromatic N) is 2. The molecular formula is C13H13F2N3O4. The molecule has 118 valence electrons. The largest absolute Gasteiger partial charge is 0.472 e. The van der Waals surface area contributed by atoms with Gasteiger partial charge in [-0.15, -0.1) is 0 Å². The second kappa shape index (κ2) is 7.34. The zero-order valence-corrected chi connectivity index (χ0v) is 11.6. The number of aromatic nitrogens is 2. The Kier molecular flexibility index (Phi) is 5.23. The Balaban J connectivity index is 1.81. The predicted molar refractivity (Wildman–Crippen MR) is 69.9 cm³/mol. The number of benzene rings is 1. The van der Waals surface area contributed by atoms with Crippen LogP contribution >= 0.6 is 0 Å². The van der Waals surface area contributed by atoms with Crippen LogP contribution in [0.25, 0.3) is 0 Å². The van der Waals surface area contributed by atoms with Gasteiger partial charge in [-0.3, -0.25) is 4.79 Å². The van der Waals surface area contributed by atoms with Crippen LogP contribution in [0.2, 0.25) is 0 Å². The van der Waals surface area contributed by atoms with Gasteiger partial charge < -0.3 is 14.8 Å². The number of hydrogen-bond acceptors (Lipinski definition) is 6. The first-order valence-electron chi connectivity index (χ1n) is 6.31. The Labute approximate surface area is 124 Å². The van der Waals surface area contributed by atoms with Gasteiger partial charge in [0.15, 0.2) is 0 Å². The molecule has 2 aromatic rings.